The van der Waals surface area contributed by atoms with Crippen LogP contribution >= 0.6 is 11.8 Å². The number of H-pyrrole nitrogens is 1. The minimum Gasteiger partial charge on any atom is -0.480 e. The van der Waals surface area contributed by atoms with Gasteiger partial charge in [-0.2, -0.15) is 0 Å². The maximum absolute atomic E-state index is 11.3. The summed E-state index contributed by atoms with van der Waals surface area (Å²) in [5, 5.41) is 12.9. The smallest absolute Gasteiger partial charge is 0.323 e. The van der Waals surface area contributed by atoms with E-state index in [1.54, 1.807) is 13.8 Å². The van der Waals surface area contributed by atoms with E-state index in [0.717, 1.165) is 6.42 Å². The van der Waals surface area contributed by atoms with Gasteiger partial charge in [-0.15, -0.1) is 0 Å². The molecular formula is C13H21N3O3S. The molecule has 7 heteroatoms. The summed E-state index contributed by atoms with van der Waals surface area (Å²) in [6, 6.07) is 1.42. The Hall–Kier alpha value is -1.34. The van der Waals surface area contributed by atoms with Gasteiger partial charge in [-0.05, 0) is 33.2 Å². The van der Waals surface area contributed by atoms with Crippen molar-refractivity contribution in [1.29, 1.82) is 0 Å². The minimum absolute atomic E-state index is 0.190. The summed E-state index contributed by atoms with van der Waals surface area (Å²) in [7, 11) is 0. The predicted octanol–water partition coefficient (Wildman–Crippen LogP) is 1.40. The van der Waals surface area contributed by atoms with Gasteiger partial charge in [-0.1, -0.05) is 18.7 Å². The van der Waals surface area contributed by atoms with E-state index in [1.165, 1.54) is 17.8 Å². The molecule has 1 atom stereocenters. The Morgan fingerprint density at radius 1 is 1.60 bits per heavy atom. The Labute approximate surface area is 122 Å². The summed E-state index contributed by atoms with van der Waals surface area (Å²) in [4.78, 5) is 29.5. The zero-order chi connectivity index (χ0) is 15.2. The van der Waals surface area contributed by atoms with E-state index in [4.69, 9.17) is 0 Å². The van der Waals surface area contributed by atoms with Crippen LogP contribution < -0.4 is 10.9 Å². The molecular weight excluding hydrogens is 278 g/mol. The van der Waals surface area contributed by atoms with Crippen molar-refractivity contribution in [3.63, 3.8) is 0 Å². The van der Waals surface area contributed by atoms with Crippen molar-refractivity contribution in [2.75, 3.05) is 12.3 Å². The van der Waals surface area contributed by atoms with Crippen LogP contribution in [0.4, 0.5) is 0 Å². The lowest BCUT2D eigenvalue weighted by Crippen LogP contribution is -2.50. The van der Waals surface area contributed by atoms with E-state index in [1.807, 2.05) is 6.92 Å². The third-order valence-electron chi connectivity index (χ3n) is 2.93. The van der Waals surface area contributed by atoms with Crippen LogP contribution in [0.1, 0.15) is 32.4 Å². The van der Waals surface area contributed by atoms with E-state index in [2.05, 4.69) is 15.3 Å². The topological polar surface area (TPSA) is 95.1 Å². The van der Waals surface area contributed by atoms with E-state index in [0.29, 0.717) is 29.6 Å². The third-order valence-corrected chi connectivity index (χ3v) is 3.80. The number of thioether (sulfide) groups is 1. The van der Waals surface area contributed by atoms with Gasteiger partial charge in [0.15, 0.2) is 5.16 Å². The van der Waals surface area contributed by atoms with E-state index in [9.17, 15) is 14.7 Å². The molecule has 0 saturated carbocycles. The van der Waals surface area contributed by atoms with Gasteiger partial charge in [-0.25, -0.2) is 4.98 Å². The predicted molar refractivity (Wildman–Crippen MR) is 79.3 cm³/mol. The highest BCUT2D eigenvalue weighted by molar-refractivity contribution is 7.99. The second kappa shape index (κ2) is 7.44. The van der Waals surface area contributed by atoms with Crippen LogP contribution in [-0.4, -0.2) is 38.9 Å². The monoisotopic (exact) mass is 299 g/mol. The molecule has 0 aliphatic carbocycles. The number of aliphatic carboxylic acids is 1. The number of hydrogen-bond donors (Lipinski definition) is 3. The molecule has 3 N–H and O–H groups in total. The van der Waals surface area contributed by atoms with Crippen molar-refractivity contribution in [2.45, 2.75) is 44.3 Å². The SMILES string of the molecule is CCCNC(C)(CCSc1nc(C)cc(=O)[nH]1)C(=O)O. The van der Waals surface area contributed by atoms with Crippen molar-refractivity contribution in [1.82, 2.24) is 15.3 Å². The van der Waals surface area contributed by atoms with Gasteiger partial charge in [0.2, 0.25) is 0 Å². The number of aryl methyl sites for hydroxylation is 1. The lowest BCUT2D eigenvalue weighted by atomic mass is 9.99. The largest absolute Gasteiger partial charge is 0.480 e. The molecule has 0 spiro atoms. The molecule has 6 nitrogen and oxygen atoms in total. The molecule has 0 aliphatic rings. The Balaban J connectivity index is 2.60. The number of nitrogens with one attached hydrogen (secondary N) is 2. The van der Waals surface area contributed by atoms with Gasteiger partial charge < -0.3 is 15.4 Å². The first-order valence-corrected chi connectivity index (χ1v) is 7.55. The van der Waals surface area contributed by atoms with Crippen molar-refractivity contribution < 1.29 is 9.90 Å². The molecule has 1 rings (SSSR count). The number of carboxylic acids is 1. The van der Waals surface area contributed by atoms with Crippen LogP contribution in [0.3, 0.4) is 0 Å². The summed E-state index contributed by atoms with van der Waals surface area (Å²) >= 11 is 1.36. The Morgan fingerprint density at radius 2 is 2.30 bits per heavy atom. The number of hydrogen-bond acceptors (Lipinski definition) is 5. The van der Waals surface area contributed by atoms with Crippen LogP contribution in [-0.2, 0) is 4.79 Å². The van der Waals surface area contributed by atoms with Gasteiger partial charge in [-0.3, -0.25) is 9.59 Å². The average Bonchev–Trinajstić information content (AvgIpc) is 2.35. The first kappa shape index (κ1) is 16.7. The molecule has 1 aromatic heterocycles. The first-order chi connectivity index (χ1) is 9.37. The molecule has 1 heterocycles. The third kappa shape index (κ3) is 4.97. The Morgan fingerprint density at radius 3 is 2.85 bits per heavy atom. The molecule has 0 radical (unpaired) electrons. The van der Waals surface area contributed by atoms with E-state index in [-0.39, 0.29) is 5.56 Å². The van der Waals surface area contributed by atoms with E-state index >= 15 is 0 Å². The quantitative estimate of drug-likeness (QED) is 0.496. The molecule has 112 valence electrons. The molecule has 0 bridgehead atoms. The van der Waals surface area contributed by atoms with Crippen molar-refractivity contribution in [3.8, 4) is 0 Å². The molecule has 20 heavy (non-hydrogen) atoms. The van der Waals surface area contributed by atoms with Gasteiger partial charge in [0.05, 0.1) is 0 Å². The summed E-state index contributed by atoms with van der Waals surface area (Å²) in [5.41, 5.74) is -0.487. The van der Waals surface area contributed by atoms with Gasteiger partial charge in [0.25, 0.3) is 5.56 Å². The first-order valence-electron chi connectivity index (χ1n) is 6.56. The fourth-order valence-corrected chi connectivity index (χ4v) is 2.73. The van der Waals surface area contributed by atoms with Crippen LogP contribution in [0.5, 0.6) is 0 Å². The highest BCUT2D eigenvalue weighted by Gasteiger charge is 2.31. The fraction of sp³-hybridized carbons (Fsp3) is 0.615. The number of aromatic nitrogens is 2. The minimum atomic E-state index is -0.951. The Kier molecular flexibility index (Phi) is 6.22. The number of aromatic amines is 1. The lowest BCUT2D eigenvalue weighted by molar-refractivity contribution is -0.144. The van der Waals surface area contributed by atoms with E-state index < -0.39 is 11.5 Å². The molecule has 0 aromatic carbocycles. The van der Waals surface area contributed by atoms with Crippen molar-refractivity contribution >= 4 is 17.7 Å². The summed E-state index contributed by atoms with van der Waals surface area (Å²) in [5.74, 6) is -0.302. The summed E-state index contributed by atoms with van der Waals surface area (Å²) in [6.07, 6.45) is 1.33. The van der Waals surface area contributed by atoms with Crippen molar-refractivity contribution in [3.05, 3.63) is 22.1 Å². The maximum atomic E-state index is 11.3. The zero-order valence-corrected chi connectivity index (χ0v) is 12.8. The van der Waals surface area contributed by atoms with Gasteiger partial charge >= 0.3 is 5.97 Å². The molecule has 0 aliphatic heterocycles. The second-order valence-corrected chi connectivity index (χ2v) is 5.94. The molecule has 1 unspecified atom stereocenters. The number of carbonyl (C=O) groups is 1. The van der Waals surface area contributed by atoms with Crippen LogP contribution in [0, 0.1) is 6.92 Å². The maximum Gasteiger partial charge on any atom is 0.323 e. The Bertz CT molecular complexity index is 518. The van der Waals surface area contributed by atoms with Gasteiger partial charge in [0.1, 0.15) is 5.54 Å². The van der Waals surface area contributed by atoms with Crippen molar-refractivity contribution in [2.24, 2.45) is 0 Å². The van der Waals surface area contributed by atoms with Crippen LogP contribution in [0.15, 0.2) is 16.0 Å². The highest BCUT2D eigenvalue weighted by atomic mass is 32.2. The highest BCUT2D eigenvalue weighted by Crippen LogP contribution is 2.18. The van der Waals surface area contributed by atoms with Crippen LogP contribution in [0.25, 0.3) is 0 Å². The number of rotatable bonds is 8. The normalized spacial score (nSPS) is 13.9. The number of nitrogens with zero attached hydrogens (tertiary/aromatic N) is 1. The van der Waals surface area contributed by atoms with Gasteiger partial charge in [0, 0.05) is 17.5 Å². The molecule has 0 fully saturated rings. The fourth-order valence-electron chi connectivity index (χ4n) is 1.64. The zero-order valence-electron chi connectivity index (χ0n) is 12.0. The number of carboxylic acid groups (broad SMARTS) is 1. The molecule has 0 saturated heterocycles. The second-order valence-electron chi connectivity index (χ2n) is 4.85. The van der Waals surface area contributed by atoms with Crippen LogP contribution in [0.2, 0.25) is 0 Å². The summed E-state index contributed by atoms with van der Waals surface area (Å²) < 4.78 is 0. The molecule has 0 amide bonds. The average molecular weight is 299 g/mol. The molecule has 1 aromatic rings. The lowest BCUT2D eigenvalue weighted by Gasteiger charge is -2.25. The summed E-state index contributed by atoms with van der Waals surface area (Å²) in [6.45, 7) is 6.08. The standard InChI is InChI=1S/C13H21N3O3S/c1-4-6-14-13(3,11(18)19)5-7-20-12-15-9(2)8-10(17)16-12/h8,14H,4-7H2,1-3H3,(H,18,19)(H,15,16,17).